The molecule has 126 valence electrons. The lowest BCUT2D eigenvalue weighted by Gasteiger charge is -2.28. The van der Waals surface area contributed by atoms with Gasteiger partial charge in [0.1, 0.15) is 0 Å². The van der Waals surface area contributed by atoms with Crippen LogP contribution in [0.25, 0.3) is 10.9 Å². The second-order valence-electron chi connectivity index (χ2n) is 7.60. The van der Waals surface area contributed by atoms with Crippen LogP contribution in [0.5, 0.6) is 0 Å². The summed E-state index contributed by atoms with van der Waals surface area (Å²) in [7, 11) is 0. The fourth-order valence-corrected chi connectivity index (χ4v) is 4.47. The monoisotopic (exact) mass is 311 g/mol. The number of nitrogens with one attached hydrogen (secondary N) is 1. The lowest BCUT2D eigenvalue weighted by Crippen LogP contribution is -2.16. The first-order chi connectivity index (χ1) is 11.3. The number of aromatic amines is 1. The summed E-state index contributed by atoms with van der Waals surface area (Å²) in [5.41, 5.74) is 4.53. The average molecular weight is 312 g/mol. The maximum Gasteiger partial charge on any atom is 0.0459 e. The quantitative estimate of drug-likeness (QED) is 0.506. The number of benzene rings is 1. The summed E-state index contributed by atoms with van der Waals surface area (Å²) < 4.78 is 0. The molecular weight excluding hydrogens is 278 g/mol. The lowest BCUT2D eigenvalue weighted by atomic mass is 9.77. The first-order valence-electron chi connectivity index (χ1n) is 9.90. The Hall–Kier alpha value is -1.24. The van der Waals surface area contributed by atoms with Gasteiger partial charge in [-0.05, 0) is 36.8 Å². The Balaban J connectivity index is 1.61. The van der Waals surface area contributed by atoms with Gasteiger partial charge in [0, 0.05) is 22.5 Å². The van der Waals surface area contributed by atoms with Crippen LogP contribution in [0.15, 0.2) is 24.3 Å². The fourth-order valence-electron chi connectivity index (χ4n) is 4.47. The van der Waals surface area contributed by atoms with Crippen molar-refractivity contribution in [2.75, 3.05) is 0 Å². The van der Waals surface area contributed by atoms with Gasteiger partial charge in [-0.25, -0.2) is 0 Å². The molecule has 1 aliphatic rings. The molecule has 1 heterocycles. The van der Waals surface area contributed by atoms with Crippen LogP contribution in [0.3, 0.4) is 0 Å². The first-order valence-corrected chi connectivity index (χ1v) is 9.90. The summed E-state index contributed by atoms with van der Waals surface area (Å²) in [5.74, 6) is 1.56. The molecule has 0 bridgehead atoms. The number of aryl methyl sites for hydroxylation is 1. The van der Waals surface area contributed by atoms with Gasteiger partial charge in [0.2, 0.25) is 0 Å². The van der Waals surface area contributed by atoms with Crippen molar-refractivity contribution in [2.24, 2.45) is 5.92 Å². The Kier molecular flexibility index (Phi) is 5.80. The molecule has 0 fully saturated rings. The number of para-hydroxylation sites is 1. The number of hydrogen-bond acceptors (Lipinski definition) is 0. The molecule has 2 aromatic rings. The first kappa shape index (κ1) is 16.6. The molecule has 1 heteroatoms. The standard InChI is InChI=1S/C22H33N/c1-3-4-5-6-7-8-12-17(2)18-14-11-15-20-19-13-9-10-16-21(19)23-22(18)20/h9-10,13,16-18,23H,3-8,11-12,14-15H2,1-2H3. The van der Waals surface area contributed by atoms with Crippen molar-refractivity contribution < 1.29 is 0 Å². The number of fused-ring (bicyclic) bond motifs is 3. The molecule has 0 spiro atoms. The third kappa shape index (κ3) is 3.82. The number of H-pyrrole nitrogens is 1. The summed E-state index contributed by atoms with van der Waals surface area (Å²) in [6.45, 7) is 4.78. The Labute approximate surface area is 141 Å². The van der Waals surface area contributed by atoms with E-state index < -0.39 is 0 Å². The summed E-state index contributed by atoms with van der Waals surface area (Å²) in [6.07, 6.45) is 13.9. The van der Waals surface area contributed by atoms with E-state index >= 15 is 0 Å². The maximum atomic E-state index is 3.77. The molecule has 0 amide bonds. The normalized spacial score (nSPS) is 19.0. The molecule has 2 unspecified atom stereocenters. The molecule has 1 aromatic heterocycles. The van der Waals surface area contributed by atoms with Crippen LogP contribution in [0.2, 0.25) is 0 Å². The van der Waals surface area contributed by atoms with Gasteiger partial charge in [-0.15, -0.1) is 0 Å². The molecule has 1 aliphatic carbocycles. The largest absolute Gasteiger partial charge is 0.358 e. The maximum absolute atomic E-state index is 3.77. The molecule has 1 N–H and O–H groups in total. The highest BCUT2D eigenvalue weighted by molar-refractivity contribution is 5.85. The zero-order valence-electron chi connectivity index (χ0n) is 15.0. The van der Waals surface area contributed by atoms with E-state index in [0.29, 0.717) is 0 Å². The number of aromatic nitrogens is 1. The second kappa shape index (κ2) is 8.04. The third-order valence-corrected chi connectivity index (χ3v) is 5.86. The highest BCUT2D eigenvalue weighted by Gasteiger charge is 2.27. The number of hydrogen-bond donors (Lipinski definition) is 1. The molecule has 3 rings (SSSR count). The van der Waals surface area contributed by atoms with E-state index in [2.05, 4.69) is 43.1 Å². The van der Waals surface area contributed by atoms with Gasteiger partial charge < -0.3 is 4.98 Å². The van der Waals surface area contributed by atoms with Gasteiger partial charge in [-0.3, -0.25) is 0 Å². The van der Waals surface area contributed by atoms with Gasteiger partial charge in [0.05, 0.1) is 0 Å². The van der Waals surface area contributed by atoms with Crippen molar-refractivity contribution in [3.63, 3.8) is 0 Å². The van der Waals surface area contributed by atoms with Crippen LogP contribution in [-0.2, 0) is 6.42 Å². The van der Waals surface area contributed by atoms with Crippen LogP contribution in [0.1, 0.15) is 88.8 Å². The van der Waals surface area contributed by atoms with Crippen molar-refractivity contribution in [3.8, 4) is 0 Å². The van der Waals surface area contributed by atoms with Crippen LogP contribution in [0.4, 0.5) is 0 Å². The summed E-state index contributed by atoms with van der Waals surface area (Å²) in [4.78, 5) is 3.77. The van der Waals surface area contributed by atoms with Gasteiger partial charge in [-0.1, -0.05) is 77.0 Å². The Bertz CT molecular complexity index is 609. The van der Waals surface area contributed by atoms with E-state index in [1.165, 1.54) is 75.1 Å². The van der Waals surface area contributed by atoms with E-state index in [1.54, 1.807) is 11.3 Å². The van der Waals surface area contributed by atoms with E-state index in [1.807, 2.05) is 0 Å². The molecule has 0 aliphatic heterocycles. The summed E-state index contributed by atoms with van der Waals surface area (Å²) in [6, 6.07) is 8.87. The second-order valence-corrected chi connectivity index (χ2v) is 7.60. The Morgan fingerprint density at radius 2 is 1.87 bits per heavy atom. The zero-order chi connectivity index (χ0) is 16.1. The van der Waals surface area contributed by atoms with E-state index in [9.17, 15) is 0 Å². The number of unbranched alkanes of at least 4 members (excludes halogenated alkanes) is 5. The summed E-state index contributed by atoms with van der Waals surface area (Å²) in [5, 5.41) is 1.47. The van der Waals surface area contributed by atoms with E-state index in [4.69, 9.17) is 0 Å². The van der Waals surface area contributed by atoms with Gasteiger partial charge >= 0.3 is 0 Å². The molecule has 1 aromatic carbocycles. The minimum Gasteiger partial charge on any atom is -0.358 e. The molecule has 0 radical (unpaired) electrons. The Morgan fingerprint density at radius 1 is 1.09 bits per heavy atom. The topological polar surface area (TPSA) is 15.8 Å². The SMILES string of the molecule is CCCCCCCCC(C)C1CCCc2c1[nH]c1ccccc21. The molecule has 1 nitrogen and oxygen atoms in total. The van der Waals surface area contributed by atoms with Gasteiger partial charge in [0.15, 0.2) is 0 Å². The minimum atomic E-state index is 0.752. The predicted molar refractivity (Wildman–Crippen MR) is 101 cm³/mol. The van der Waals surface area contributed by atoms with Crippen molar-refractivity contribution >= 4 is 10.9 Å². The fraction of sp³-hybridized carbons (Fsp3) is 0.636. The van der Waals surface area contributed by atoms with Crippen LogP contribution < -0.4 is 0 Å². The smallest absolute Gasteiger partial charge is 0.0459 e. The molecular formula is C22H33N. The number of rotatable bonds is 8. The highest BCUT2D eigenvalue weighted by Crippen LogP contribution is 2.41. The van der Waals surface area contributed by atoms with Crippen molar-refractivity contribution in [3.05, 3.63) is 35.5 Å². The van der Waals surface area contributed by atoms with Crippen molar-refractivity contribution in [2.45, 2.75) is 84.0 Å². The highest BCUT2D eigenvalue weighted by atomic mass is 14.7. The van der Waals surface area contributed by atoms with Crippen molar-refractivity contribution in [1.29, 1.82) is 0 Å². The molecule has 0 saturated heterocycles. The average Bonchev–Trinajstić information content (AvgIpc) is 2.96. The Morgan fingerprint density at radius 3 is 2.74 bits per heavy atom. The summed E-state index contributed by atoms with van der Waals surface area (Å²) >= 11 is 0. The molecule has 0 saturated carbocycles. The molecule has 2 atom stereocenters. The van der Waals surface area contributed by atoms with E-state index in [-0.39, 0.29) is 0 Å². The molecule has 23 heavy (non-hydrogen) atoms. The van der Waals surface area contributed by atoms with Crippen LogP contribution >= 0.6 is 0 Å². The zero-order valence-corrected chi connectivity index (χ0v) is 15.0. The third-order valence-electron chi connectivity index (χ3n) is 5.86. The van der Waals surface area contributed by atoms with Crippen LogP contribution in [-0.4, -0.2) is 4.98 Å². The lowest BCUT2D eigenvalue weighted by molar-refractivity contribution is 0.365. The minimum absolute atomic E-state index is 0.752. The van der Waals surface area contributed by atoms with Crippen LogP contribution in [0, 0.1) is 5.92 Å². The van der Waals surface area contributed by atoms with Crippen molar-refractivity contribution in [1.82, 2.24) is 4.98 Å². The predicted octanol–water partition coefficient (Wildman–Crippen LogP) is 6.97. The van der Waals surface area contributed by atoms with Gasteiger partial charge in [-0.2, -0.15) is 0 Å². The van der Waals surface area contributed by atoms with E-state index in [0.717, 1.165) is 11.8 Å². The van der Waals surface area contributed by atoms with Gasteiger partial charge in [0.25, 0.3) is 0 Å².